The van der Waals surface area contributed by atoms with Crippen molar-refractivity contribution in [2.45, 2.75) is 6.61 Å². The first-order valence-corrected chi connectivity index (χ1v) is 9.31. The van der Waals surface area contributed by atoms with Crippen LogP contribution >= 0.6 is 23.2 Å². The van der Waals surface area contributed by atoms with E-state index in [0.717, 1.165) is 12.0 Å². The van der Waals surface area contributed by atoms with Crippen molar-refractivity contribution in [2.75, 3.05) is 13.7 Å². The topological polar surface area (TPSA) is 84.9 Å². The van der Waals surface area contributed by atoms with Crippen LogP contribution in [0, 0.1) is 5.82 Å². The molecule has 0 aliphatic carbocycles. The monoisotopic (exact) mass is 452 g/mol. The first kappa shape index (κ1) is 21.6. The van der Waals surface area contributed by atoms with Crippen molar-refractivity contribution in [3.05, 3.63) is 69.1 Å². The zero-order chi connectivity index (χ0) is 21.8. The highest BCUT2D eigenvalue weighted by atomic mass is 35.5. The summed E-state index contributed by atoms with van der Waals surface area (Å²) in [5.41, 5.74) is 0.967. The molecule has 0 spiro atoms. The minimum absolute atomic E-state index is 0.0503. The Morgan fingerprint density at radius 2 is 1.90 bits per heavy atom. The summed E-state index contributed by atoms with van der Waals surface area (Å²) in [4.78, 5) is 36.3. The number of halogens is 3. The molecule has 10 heteroatoms. The lowest BCUT2D eigenvalue weighted by atomic mass is 10.1. The first-order valence-electron chi connectivity index (χ1n) is 8.56. The third-order valence-corrected chi connectivity index (χ3v) is 4.64. The molecule has 0 saturated carbocycles. The van der Waals surface area contributed by atoms with Gasteiger partial charge in [-0.05, 0) is 41.5 Å². The van der Waals surface area contributed by atoms with Crippen molar-refractivity contribution in [1.29, 1.82) is 0 Å². The van der Waals surface area contributed by atoms with E-state index in [1.807, 2.05) is 0 Å². The molecule has 2 aromatic rings. The number of hydrogen-bond acceptors (Lipinski definition) is 5. The Labute approximate surface area is 181 Å². The molecule has 0 atom stereocenters. The van der Waals surface area contributed by atoms with Gasteiger partial charge >= 0.3 is 12.0 Å². The van der Waals surface area contributed by atoms with Gasteiger partial charge in [-0.1, -0.05) is 35.3 Å². The summed E-state index contributed by atoms with van der Waals surface area (Å²) in [5.74, 6) is -1.62. The van der Waals surface area contributed by atoms with E-state index in [2.05, 4.69) is 10.1 Å². The molecule has 1 aliphatic heterocycles. The van der Waals surface area contributed by atoms with Crippen LogP contribution in [-0.4, -0.2) is 36.5 Å². The lowest BCUT2D eigenvalue weighted by Gasteiger charge is -2.11. The van der Waals surface area contributed by atoms with Gasteiger partial charge in [-0.15, -0.1) is 0 Å². The lowest BCUT2D eigenvalue weighted by molar-refractivity contribution is -0.143. The van der Waals surface area contributed by atoms with Crippen LogP contribution < -0.4 is 10.1 Å². The van der Waals surface area contributed by atoms with E-state index in [0.29, 0.717) is 11.1 Å². The highest BCUT2D eigenvalue weighted by Gasteiger charge is 2.35. The zero-order valence-electron chi connectivity index (χ0n) is 15.6. The van der Waals surface area contributed by atoms with Gasteiger partial charge in [0.25, 0.3) is 5.91 Å². The fraction of sp³-hybridized carbons (Fsp3) is 0.150. The average Bonchev–Trinajstić information content (AvgIpc) is 2.94. The molecule has 1 N–H and O–H groups in total. The predicted octanol–water partition coefficient (Wildman–Crippen LogP) is 3.78. The number of methoxy groups -OCH3 is 1. The molecule has 0 unspecified atom stereocenters. The van der Waals surface area contributed by atoms with Gasteiger partial charge in [0, 0.05) is 0 Å². The predicted molar refractivity (Wildman–Crippen MR) is 107 cm³/mol. The molecule has 0 bridgehead atoms. The lowest BCUT2D eigenvalue weighted by Crippen LogP contribution is -2.36. The van der Waals surface area contributed by atoms with E-state index >= 15 is 0 Å². The molecule has 1 heterocycles. The number of carbonyl (C=O) groups excluding carboxylic acids is 3. The van der Waals surface area contributed by atoms with E-state index in [1.54, 1.807) is 12.1 Å². The van der Waals surface area contributed by atoms with Crippen molar-refractivity contribution < 1.29 is 28.2 Å². The van der Waals surface area contributed by atoms with Crippen LogP contribution in [0.2, 0.25) is 10.0 Å². The van der Waals surface area contributed by atoms with Crippen LogP contribution in [0.5, 0.6) is 5.75 Å². The summed E-state index contributed by atoms with van der Waals surface area (Å²) in [6.07, 6.45) is 1.37. The van der Waals surface area contributed by atoms with Gasteiger partial charge in [0.15, 0.2) is 5.75 Å². The molecule has 1 aliphatic rings. The Morgan fingerprint density at radius 3 is 2.53 bits per heavy atom. The van der Waals surface area contributed by atoms with Gasteiger partial charge in [0.05, 0.1) is 17.2 Å². The highest BCUT2D eigenvalue weighted by Crippen LogP contribution is 2.35. The number of amides is 3. The van der Waals surface area contributed by atoms with Crippen LogP contribution in [-0.2, 0) is 20.9 Å². The average molecular weight is 453 g/mol. The number of urea groups is 1. The Morgan fingerprint density at radius 1 is 1.20 bits per heavy atom. The number of esters is 1. The van der Waals surface area contributed by atoms with Crippen LogP contribution in [0.4, 0.5) is 9.18 Å². The van der Waals surface area contributed by atoms with Crippen molar-refractivity contribution in [3.63, 3.8) is 0 Å². The quantitative estimate of drug-likeness (QED) is 0.409. The molecule has 3 rings (SSSR count). The Bertz CT molecular complexity index is 1030. The fourth-order valence-corrected chi connectivity index (χ4v) is 3.27. The van der Waals surface area contributed by atoms with Crippen molar-refractivity contribution in [3.8, 4) is 5.75 Å². The summed E-state index contributed by atoms with van der Waals surface area (Å²) in [6, 6.07) is 8.13. The number of nitrogens with one attached hydrogen (secondary N) is 1. The summed E-state index contributed by atoms with van der Waals surface area (Å²) in [6.45, 7) is -0.457. The Kier molecular flexibility index (Phi) is 6.59. The minimum Gasteiger partial charge on any atom is -0.486 e. The molecular formula is C20H15Cl2FN2O5. The Balaban J connectivity index is 1.77. The van der Waals surface area contributed by atoms with Crippen LogP contribution in [0.1, 0.15) is 11.1 Å². The van der Waals surface area contributed by atoms with Crippen LogP contribution in [0.3, 0.4) is 0 Å². The van der Waals surface area contributed by atoms with Crippen LogP contribution in [0.15, 0.2) is 42.1 Å². The SMILES string of the molecule is COC(=O)CN1C(=O)NC(=Cc2cc(Cl)c(OCc3cccc(F)c3)c(Cl)c2)C1=O. The largest absolute Gasteiger partial charge is 0.486 e. The molecule has 0 radical (unpaired) electrons. The van der Waals surface area contributed by atoms with E-state index < -0.39 is 24.5 Å². The number of benzene rings is 2. The van der Waals surface area contributed by atoms with Gasteiger partial charge < -0.3 is 14.8 Å². The second-order valence-corrected chi connectivity index (χ2v) is 7.00. The van der Waals surface area contributed by atoms with Crippen LogP contribution in [0.25, 0.3) is 6.08 Å². The maximum absolute atomic E-state index is 13.3. The molecule has 156 valence electrons. The number of rotatable bonds is 6. The van der Waals surface area contributed by atoms with Crippen molar-refractivity contribution >= 4 is 47.2 Å². The summed E-state index contributed by atoms with van der Waals surface area (Å²) in [5, 5.41) is 2.70. The number of hydrogen-bond donors (Lipinski definition) is 1. The fourth-order valence-electron chi connectivity index (χ4n) is 2.66. The number of ether oxygens (including phenoxy) is 2. The minimum atomic E-state index is -0.746. The normalized spacial score (nSPS) is 14.8. The number of imide groups is 1. The van der Waals surface area contributed by atoms with Crippen molar-refractivity contribution in [1.82, 2.24) is 10.2 Å². The van der Waals surface area contributed by atoms with Crippen molar-refractivity contribution in [2.24, 2.45) is 0 Å². The molecule has 3 amide bonds. The highest BCUT2D eigenvalue weighted by molar-refractivity contribution is 6.37. The van der Waals surface area contributed by atoms with Gasteiger partial charge in [-0.25, -0.2) is 14.1 Å². The molecule has 1 fully saturated rings. The van der Waals surface area contributed by atoms with E-state index in [-0.39, 0.29) is 33.9 Å². The summed E-state index contributed by atoms with van der Waals surface area (Å²) < 4.78 is 23.3. The van der Waals surface area contributed by atoms with Gasteiger partial charge in [0.1, 0.15) is 24.7 Å². The standard InChI is InChI=1S/C20H15Cl2FN2O5/c1-29-17(26)9-25-19(27)16(24-20(25)28)8-12-6-14(21)18(15(22)7-12)30-10-11-3-2-4-13(23)5-11/h2-8H,9-10H2,1H3,(H,24,28). The number of carbonyl (C=O) groups is 3. The maximum Gasteiger partial charge on any atom is 0.329 e. The Hall–Kier alpha value is -3.10. The van der Waals surface area contributed by atoms with E-state index in [1.165, 1.54) is 30.3 Å². The van der Waals surface area contributed by atoms with Gasteiger partial charge in [0.2, 0.25) is 0 Å². The molecule has 2 aromatic carbocycles. The maximum atomic E-state index is 13.3. The summed E-state index contributed by atoms with van der Waals surface area (Å²) >= 11 is 12.5. The van der Waals surface area contributed by atoms with Gasteiger partial charge in [-0.3, -0.25) is 9.59 Å². The molecule has 7 nitrogen and oxygen atoms in total. The zero-order valence-corrected chi connectivity index (χ0v) is 17.1. The third kappa shape index (κ3) is 4.90. The first-order chi connectivity index (χ1) is 14.3. The molecule has 30 heavy (non-hydrogen) atoms. The number of nitrogens with zero attached hydrogens (tertiary/aromatic N) is 1. The molecular weight excluding hydrogens is 438 g/mol. The second kappa shape index (κ2) is 9.15. The molecule has 0 aromatic heterocycles. The smallest absolute Gasteiger partial charge is 0.329 e. The van der Waals surface area contributed by atoms with E-state index in [9.17, 15) is 18.8 Å². The third-order valence-electron chi connectivity index (χ3n) is 4.08. The van der Waals surface area contributed by atoms with Gasteiger partial charge in [-0.2, -0.15) is 0 Å². The summed E-state index contributed by atoms with van der Waals surface area (Å²) in [7, 11) is 1.15. The molecule has 1 saturated heterocycles. The van der Waals surface area contributed by atoms with E-state index in [4.69, 9.17) is 27.9 Å². The second-order valence-electron chi connectivity index (χ2n) is 6.19.